The number of benzene rings is 8. The molecule has 0 aromatic heterocycles. The van der Waals surface area contributed by atoms with E-state index in [1.54, 1.807) is 38.1 Å². The fourth-order valence-electron chi connectivity index (χ4n) is 6.22. The van der Waals surface area contributed by atoms with Gasteiger partial charge in [-0.15, -0.1) is 12.1 Å². The number of nitro benzene ring substituents is 5. The summed E-state index contributed by atoms with van der Waals surface area (Å²) in [7, 11) is 0. The molecule has 8 aromatic rings. The smallest absolute Gasteiger partial charge is 0.462 e. The van der Waals surface area contributed by atoms with Gasteiger partial charge in [-0.1, -0.05) is 62.4 Å². The summed E-state index contributed by atoms with van der Waals surface area (Å²) < 4.78 is 140. The van der Waals surface area contributed by atoms with Crippen molar-refractivity contribution in [3.63, 3.8) is 0 Å². The molecule has 0 amide bonds. The number of hydrogen-bond acceptors (Lipinski definition) is 15. The van der Waals surface area contributed by atoms with Crippen LogP contribution < -0.4 is 0 Å². The van der Waals surface area contributed by atoms with Crippen LogP contribution in [0.3, 0.4) is 0 Å². The Bertz CT molecular complexity index is 3790. The minimum atomic E-state index is -1.46. The minimum absolute atomic E-state index is 0. The molecule has 0 radical (unpaired) electrons. The van der Waals surface area contributed by atoms with E-state index in [1.807, 2.05) is 26.0 Å². The van der Waals surface area contributed by atoms with Gasteiger partial charge in [0, 0.05) is 50.2 Å². The summed E-state index contributed by atoms with van der Waals surface area (Å²) >= 11 is 3.56. The van der Waals surface area contributed by atoms with Crippen molar-refractivity contribution in [1.82, 2.24) is 0 Å². The maximum absolute atomic E-state index is 14.1. The van der Waals surface area contributed by atoms with Crippen LogP contribution in [0.15, 0.2) is 146 Å². The van der Waals surface area contributed by atoms with Crippen LogP contribution in [0.25, 0.3) is 11.1 Å². The monoisotopic (exact) mass is 1560 g/mol. The van der Waals surface area contributed by atoms with Crippen LogP contribution in [0.5, 0.6) is 0 Å². The first kappa shape index (κ1) is 81.8. The van der Waals surface area contributed by atoms with Crippen molar-refractivity contribution in [1.29, 1.82) is 0 Å². The molecule has 0 saturated carbocycles. The first-order valence-corrected chi connectivity index (χ1v) is 26.6. The number of ketones is 1. The molecule has 0 aliphatic rings. The molecule has 0 atom stereocenters. The second-order valence-electron chi connectivity index (χ2n) is 15.8. The van der Waals surface area contributed by atoms with Crippen LogP contribution in [-0.2, 0) is 29.0 Å². The Balaban J connectivity index is 0.00000108. The Morgan fingerprint density at radius 3 is 1.31 bits per heavy atom. The van der Waals surface area contributed by atoms with Crippen molar-refractivity contribution in [2.45, 2.75) is 27.7 Å². The van der Waals surface area contributed by atoms with E-state index in [0.29, 0.717) is 30.4 Å². The summed E-state index contributed by atoms with van der Waals surface area (Å²) in [6.07, 6.45) is 0. The van der Waals surface area contributed by atoms with Gasteiger partial charge in [-0.3, -0.25) is 55.4 Å². The second-order valence-corrected chi connectivity index (χ2v) is 18.1. The summed E-state index contributed by atoms with van der Waals surface area (Å²) in [5.41, 5.74) is -4.39. The number of carbonyl (C=O) groups excluding carboxylic acids is 3. The van der Waals surface area contributed by atoms with E-state index < -0.39 is 134 Å². The molecule has 0 aliphatic heterocycles. The van der Waals surface area contributed by atoms with Gasteiger partial charge in [0.25, 0.3) is 0 Å². The van der Waals surface area contributed by atoms with Crippen molar-refractivity contribution in [3.8, 4) is 11.1 Å². The van der Waals surface area contributed by atoms with Crippen molar-refractivity contribution in [3.05, 3.63) is 297 Å². The molecule has 0 aliphatic carbocycles. The molecule has 0 unspecified atom stereocenters. The van der Waals surface area contributed by atoms with Crippen LogP contribution in [0.1, 0.15) is 64.3 Å². The van der Waals surface area contributed by atoms with E-state index in [9.17, 15) is 109 Å². The second kappa shape index (κ2) is 40.4. The zero-order valence-corrected chi connectivity index (χ0v) is 54.7. The normalized spacial score (nSPS) is 9.58. The Morgan fingerprint density at radius 1 is 0.462 bits per heavy atom. The molecule has 8 aromatic carbocycles. The third kappa shape index (κ3) is 24.9. The summed E-state index contributed by atoms with van der Waals surface area (Å²) in [6.45, 7) is 8.07. The Labute approximate surface area is 549 Å². The summed E-state index contributed by atoms with van der Waals surface area (Å²) in [5.74, 6) is -12.6. The molecule has 0 heterocycles. The summed E-state index contributed by atoms with van der Waals surface area (Å²) in [6, 6.07) is 29.8. The van der Waals surface area contributed by atoms with Gasteiger partial charge in [0.2, 0.25) is 23.3 Å². The van der Waals surface area contributed by atoms with Crippen LogP contribution in [-0.4, -0.2) is 55.6 Å². The number of carbonyl (C=O) groups is 3. The van der Waals surface area contributed by atoms with Gasteiger partial charge in [-0.2, -0.15) is 17.6 Å². The fourth-order valence-corrected chi connectivity index (χ4v) is 7.04. The number of esters is 2. The fraction of sp³-hybridized carbons (Fsp3) is 0.103. The van der Waals surface area contributed by atoms with Gasteiger partial charge >= 0.3 is 54.2 Å². The summed E-state index contributed by atoms with van der Waals surface area (Å²) in [5, 5.41) is 51.3. The molecule has 8 rings (SSSR count). The molecule has 20 nitrogen and oxygen atoms in total. The third-order valence-electron chi connectivity index (χ3n) is 10.2. The number of nitro groups is 5. The van der Waals surface area contributed by atoms with Gasteiger partial charge < -0.3 is 16.9 Å². The van der Waals surface area contributed by atoms with Gasteiger partial charge in [0.1, 0.15) is 28.8 Å². The molecule has 33 heteroatoms. The van der Waals surface area contributed by atoms with Crippen LogP contribution >= 0.6 is 45.2 Å². The maximum Gasteiger partial charge on any atom is 2.00 e. The average Bonchev–Trinajstić information content (AvgIpc) is 1.70. The van der Waals surface area contributed by atoms with Crippen LogP contribution in [0.4, 0.5) is 72.3 Å². The SMILES string of the molecule is CC.CCOC(=O)c1ccc(-c2c(F)ccc([N+](=O)[O-])c2F)cc1.CCOC(=O)c1ccc(I)cc1.O=C(c1ccccc1)c1c(F)ccc([N+](=O)[O-])c1F.O=[N+]([O-])c1ccc(F)[c-]c1F.O=[N+]([O-])c1ccc(F)c(I)c1F.O=[N+]([O-])c1ccc(F)cc1F.[CH3-].[Zn+2]. The molecular weight excluding hydrogens is 1520 g/mol. The van der Waals surface area contributed by atoms with Crippen molar-refractivity contribution >= 4 is 91.3 Å². The molecule has 0 fully saturated rings. The van der Waals surface area contributed by atoms with E-state index in [0.717, 1.165) is 52.1 Å². The van der Waals surface area contributed by atoms with E-state index >= 15 is 0 Å². The van der Waals surface area contributed by atoms with Crippen molar-refractivity contribution in [2.24, 2.45) is 0 Å². The van der Waals surface area contributed by atoms with Crippen molar-refractivity contribution in [2.75, 3.05) is 13.2 Å². The van der Waals surface area contributed by atoms with Crippen molar-refractivity contribution < 1.29 is 112 Å². The predicted octanol–water partition coefficient (Wildman–Crippen LogP) is 16.8. The number of rotatable bonds is 12. The molecule has 0 N–H and O–H groups in total. The zero-order valence-electron chi connectivity index (χ0n) is 47.4. The van der Waals surface area contributed by atoms with E-state index in [4.69, 9.17) is 9.47 Å². The van der Waals surface area contributed by atoms with Gasteiger partial charge in [0.05, 0.1) is 59.0 Å². The molecule has 91 heavy (non-hydrogen) atoms. The van der Waals surface area contributed by atoms with Crippen LogP contribution in [0.2, 0.25) is 0 Å². The van der Waals surface area contributed by atoms with Gasteiger partial charge in [0.15, 0.2) is 11.5 Å². The number of nitrogens with zero attached hydrogens (tertiary/aromatic N) is 5. The number of halogens is 12. The summed E-state index contributed by atoms with van der Waals surface area (Å²) in [4.78, 5) is 81.3. The molecule has 476 valence electrons. The standard InChI is InChI=1S/C15H11F2NO4.C13H7F2NO3.C9H9IO2.C6H2F2INO2.C6H3F2NO2.C6H2F2NO2.C2H6.CH3.Zn/c1-2-22-15(19)10-5-3-9(4-6-10)13-11(16)7-8-12(14(13)17)18(20)21;14-9-6-7-10(16(18)19)12(15)11(9)13(17)8-4-2-1-3-5-8;1-2-12-9(11)7-3-5-8(10)6-4-7;7-3-1-2-4(10(11)12)5(8)6(3)9;2*7-4-1-2-6(9(10)11)5(8)3-4;1-2;;/h3-8H,2H2,1H3;1-7H;3-6H,2H2,1H3;1-2H;1-3H;1-2H;1-2H3;1H3;/q;;;;;-1;;-1;+2. The molecule has 0 spiro atoms. The Kier molecular flexibility index (Phi) is 36.3. The quantitative estimate of drug-likeness (QED) is 0.0126. The topological polar surface area (TPSA) is 285 Å². The first-order valence-electron chi connectivity index (χ1n) is 24.4. The number of hydrogen-bond donors (Lipinski definition) is 0. The Hall–Kier alpha value is -9.25. The number of ether oxygens (including phenoxy) is 2. The average molecular weight is 1560 g/mol. The third-order valence-corrected chi connectivity index (χ3v) is 11.9. The zero-order chi connectivity index (χ0) is 67.4. The predicted molar refractivity (Wildman–Crippen MR) is 321 cm³/mol. The van der Waals surface area contributed by atoms with E-state index in [2.05, 4.69) is 22.6 Å². The molecule has 0 saturated heterocycles. The minimum Gasteiger partial charge on any atom is -0.462 e. The first-order chi connectivity index (χ1) is 42.0. The van der Waals surface area contributed by atoms with Gasteiger partial charge in [-0.05, 0) is 125 Å². The largest absolute Gasteiger partial charge is 2.00 e. The molecule has 0 bridgehead atoms. The van der Waals surface area contributed by atoms with Crippen LogP contribution in [0, 0.1) is 129 Å². The van der Waals surface area contributed by atoms with E-state index in [1.165, 1.54) is 71.1 Å². The Morgan fingerprint density at radius 2 is 0.868 bits per heavy atom. The van der Waals surface area contributed by atoms with Gasteiger partial charge in [-0.25, -0.2) is 35.9 Å². The maximum atomic E-state index is 14.1. The van der Waals surface area contributed by atoms with E-state index in [-0.39, 0.29) is 59.7 Å². The molecular formula is C58H43F10I2N5O15Zn.